The number of hydrogen-bond donors (Lipinski definition) is 1. The van der Waals surface area contributed by atoms with Gasteiger partial charge in [0, 0.05) is 23.9 Å². The number of nitrogens with zero attached hydrogens (tertiary/aromatic N) is 1. The van der Waals surface area contributed by atoms with Gasteiger partial charge in [-0.25, -0.2) is 0 Å². The van der Waals surface area contributed by atoms with Crippen LogP contribution in [0.1, 0.15) is 66.4 Å². The molecule has 0 saturated heterocycles. The van der Waals surface area contributed by atoms with E-state index in [9.17, 15) is 14.4 Å². The van der Waals surface area contributed by atoms with Gasteiger partial charge in [-0.05, 0) is 65.1 Å². The van der Waals surface area contributed by atoms with Crippen LogP contribution in [0.15, 0.2) is 54.6 Å². The minimum absolute atomic E-state index is 0.0115. The number of carbonyl (C=O) groups is 3. The van der Waals surface area contributed by atoms with E-state index in [0.717, 1.165) is 6.42 Å². The Hall–Kier alpha value is -2.99. The molecule has 2 aromatic rings. The van der Waals surface area contributed by atoms with Crippen LogP contribution in [0.3, 0.4) is 0 Å². The normalized spacial score (nSPS) is 22.4. The average molecular weight is 465 g/mol. The third-order valence-corrected chi connectivity index (χ3v) is 7.23. The fourth-order valence-electron chi connectivity index (χ4n) is 4.82. The lowest BCUT2D eigenvalue weighted by molar-refractivity contribution is -0.174. The number of ether oxygens (including phenoxy) is 1. The van der Waals surface area contributed by atoms with Crippen LogP contribution in [0.5, 0.6) is 0 Å². The number of ketones is 1. The van der Waals surface area contributed by atoms with Gasteiger partial charge in [0.05, 0.1) is 0 Å². The molecule has 1 aliphatic carbocycles. The highest BCUT2D eigenvalue weighted by atomic mass is 16.6. The van der Waals surface area contributed by atoms with Gasteiger partial charge in [-0.3, -0.25) is 14.4 Å². The third-order valence-electron chi connectivity index (χ3n) is 7.23. The molecule has 0 spiro atoms. The molecule has 6 heteroatoms. The number of nitrogens with two attached hydrogens (primary N) is 1. The molecular formula is C28H36N2O4. The van der Waals surface area contributed by atoms with E-state index in [1.54, 1.807) is 12.1 Å². The molecule has 1 fully saturated rings. The zero-order chi connectivity index (χ0) is 24.8. The number of carbonyl (C=O) groups excluding carboxylic acids is 3. The van der Waals surface area contributed by atoms with E-state index in [1.165, 1.54) is 11.1 Å². The number of hydrogen-bond acceptors (Lipinski definition) is 5. The van der Waals surface area contributed by atoms with Gasteiger partial charge in [-0.1, -0.05) is 60.2 Å². The Morgan fingerprint density at radius 1 is 0.912 bits per heavy atom. The fourth-order valence-corrected chi connectivity index (χ4v) is 4.82. The average Bonchev–Trinajstić information content (AvgIpc) is 2.82. The van der Waals surface area contributed by atoms with Gasteiger partial charge < -0.3 is 15.4 Å². The van der Waals surface area contributed by atoms with Crippen LogP contribution in [0, 0.1) is 6.92 Å². The van der Waals surface area contributed by atoms with Gasteiger partial charge in [0.1, 0.15) is 0 Å². The standard InChI is InChI=1S/C28H36N2O4/c1-21-12-14-22(15-13-21)20-27(30(2)3)16-18-28(19-17-27,26(29)33)34-25(32)11-7-10-24(31)23-8-5-4-6-9-23/h4-6,8-9,12-15H,7,10-11,16-20H2,1-3H3,(H2,29,33). The number of amides is 1. The Morgan fingerprint density at radius 3 is 2.09 bits per heavy atom. The lowest BCUT2D eigenvalue weighted by Gasteiger charge is -2.48. The summed E-state index contributed by atoms with van der Waals surface area (Å²) in [4.78, 5) is 39.5. The molecule has 0 aliphatic heterocycles. The maximum absolute atomic E-state index is 12.6. The lowest BCUT2D eigenvalue weighted by Crippen LogP contribution is -2.57. The van der Waals surface area contributed by atoms with Gasteiger partial charge >= 0.3 is 5.97 Å². The van der Waals surface area contributed by atoms with Crippen molar-refractivity contribution in [1.82, 2.24) is 4.90 Å². The van der Waals surface area contributed by atoms with Crippen molar-refractivity contribution in [1.29, 1.82) is 0 Å². The number of primary amides is 1. The fraction of sp³-hybridized carbons (Fsp3) is 0.464. The molecule has 2 aromatic carbocycles. The van der Waals surface area contributed by atoms with Crippen LogP contribution in [-0.4, -0.2) is 47.8 Å². The Labute approximate surface area is 202 Å². The molecule has 34 heavy (non-hydrogen) atoms. The summed E-state index contributed by atoms with van der Waals surface area (Å²) in [6.07, 6.45) is 3.72. The molecule has 3 rings (SSSR count). The van der Waals surface area contributed by atoms with Crippen molar-refractivity contribution in [2.24, 2.45) is 5.73 Å². The molecule has 0 unspecified atom stereocenters. The van der Waals surface area contributed by atoms with Crippen LogP contribution in [0.2, 0.25) is 0 Å². The summed E-state index contributed by atoms with van der Waals surface area (Å²) in [5.74, 6) is -1.08. The van der Waals surface area contributed by atoms with Crippen LogP contribution < -0.4 is 5.73 Å². The van der Waals surface area contributed by atoms with Crippen molar-refractivity contribution >= 4 is 17.7 Å². The van der Waals surface area contributed by atoms with Gasteiger partial charge in [-0.15, -0.1) is 0 Å². The number of esters is 1. The highest BCUT2D eigenvalue weighted by Crippen LogP contribution is 2.42. The summed E-state index contributed by atoms with van der Waals surface area (Å²) in [5, 5.41) is 0. The third kappa shape index (κ3) is 6.11. The maximum Gasteiger partial charge on any atom is 0.306 e. The Morgan fingerprint density at radius 2 is 1.53 bits per heavy atom. The SMILES string of the molecule is Cc1ccc(CC2(N(C)C)CCC(OC(=O)CCCC(=O)c3ccccc3)(C(N)=O)CC2)cc1. The number of likely N-dealkylation sites (N-methyl/N-ethyl adjacent to an activating group) is 1. The van der Waals surface area contributed by atoms with Crippen molar-refractivity contribution in [3.8, 4) is 0 Å². The van der Waals surface area contributed by atoms with Gasteiger partial charge in [0.2, 0.25) is 0 Å². The van der Waals surface area contributed by atoms with E-state index < -0.39 is 17.5 Å². The van der Waals surface area contributed by atoms with E-state index in [2.05, 4.69) is 50.2 Å². The molecule has 1 amide bonds. The Kier molecular flexibility index (Phi) is 8.26. The van der Waals surface area contributed by atoms with Crippen molar-refractivity contribution in [3.05, 3.63) is 71.3 Å². The second-order valence-corrected chi connectivity index (χ2v) is 9.76. The first-order chi connectivity index (χ1) is 16.2. The zero-order valence-corrected chi connectivity index (χ0v) is 20.5. The summed E-state index contributed by atoms with van der Waals surface area (Å²) < 4.78 is 5.72. The van der Waals surface area contributed by atoms with Crippen molar-refractivity contribution in [2.45, 2.75) is 69.4 Å². The largest absolute Gasteiger partial charge is 0.449 e. The van der Waals surface area contributed by atoms with Crippen molar-refractivity contribution in [3.63, 3.8) is 0 Å². The smallest absolute Gasteiger partial charge is 0.306 e. The Bertz CT molecular complexity index is 991. The van der Waals surface area contributed by atoms with Crippen LogP contribution in [-0.2, 0) is 20.7 Å². The predicted octanol–water partition coefficient (Wildman–Crippen LogP) is 4.23. The first-order valence-corrected chi connectivity index (χ1v) is 12.0. The quantitative estimate of drug-likeness (QED) is 0.420. The van der Waals surface area contributed by atoms with Crippen molar-refractivity contribution < 1.29 is 19.1 Å². The van der Waals surface area contributed by atoms with E-state index >= 15 is 0 Å². The summed E-state index contributed by atoms with van der Waals surface area (Å²) in [7, 11) is 4.11. The zero-order valence-electron chi connectivity index (χ0n) is 20.5. The highest BCUT2D eigenvalue weighted by molar-refractivity contribution is 5.96. The van der Waals surface area contributed by atoms with Crippen LogP contribution in [0.4, 0.5) is 0 Å². The Balaban J connectivity index is 1.59. The van der Waals surface area contributed by atoms with Crippen LogP contribution in [0.25, 0.3) is 0 Å². The first-order valence-electron chi connectivity index (χ1n) is 12.0. The van der Waals surface area contributed by atoms with E-state index in [1.807, 2.05) is 18.2 Å². The molecule has 2 N–H and O–H groups in total. The molecule has 0 atom stereocenters. The molecule has 6 nitrogen and oxygen atoms in total. The maximum atomic E-state index is 12.6. The molecule has 1 saturated carbocycles. The van der Waals surface area contributed by atoms with Gasteiger partial charge in [0.15, 0.2) is 11.4 Å². The molecule has 182 valence electrons. The van der Waals surface area contributed by atoms with E-state index in [-0.39, 0.29) is 24.2 Å². The molecular weight excluding hydrogens is 428 g/mol. The predicted molar refractivity (Wildman–Crippen MR) is 132 cm³/mol. The molecule has 1 aliphatic rings. The molecule has 0 aromatic heterocycles. The van der Waals surface area contributed by atoms with Crippen molar-refractivity contribution in [2.75, 3.05) is 14.1 Å². The number of rotatable bonds is 10. The molecule has 0 heterocycles. The lowest BCUT2D eigenvalue weighted by atomic mass is 9.70. The monoisotopic (exact) mass is 464 g/mol. The van der Waals surface area contributed by atoms with Gasteiger partial charge in [0.25, 0.3) is 5.91 Å². The first kappa shape index (κ1) is 25.6. The second kappa shape index (κ2) is 11.0. The number of aryl methyl sites for hydroxylation is 1. The van der Waals surface area contributed by atoms with Crippen LogP contribution >= 0.6 is 0 Å². The summed E-state index contributed by atoms with van der Waals surface area (Å²) in [5.41, 5.74) is 7.42. The number of benzene rings is 2. The summed E-state index contributed by atoms with van der Waals surface area (Å²) >= 11 is 0. The summed E-state index contributed by atoms with van der Waals surface area (Å²) in [6, 6.07) is 17.5. The highest BCUT2D eigenvalue weighted by Gasteiger charge is 2.49. The number of Topliss-reactive ketones (excluding diaryl/α,β-unsaturated/α-hetero) is 1. The van der Waals surface area contributed by atoms with Gasteiger partial charge in [-0.2, -0.15) is 0 Å². The molecule has 0 radical (unpaired) electrons. The van der Waals surface area contributed by atoms with E-state index in [0.29, 0.717) is 37.7 Å². The van der Waals surface area contributed by atoms with E-state index in [4.69, 9.17) is 10.5 Å². The minimum Gasteiger partial charge on any atom is -0.449 e. The second-order valence-electron chi connectivity index (χ2n) is 9.76. The molecule has 0 bridgehead atoms. The summed E-state index contributed by atoms with van der Waals surface area (Å²) in [6.45, 7) is 2.07. The minimum atomic E-state index is -1.28. The topological polar surface area (TPSA) is 89.7 Å².